The number of nitrogens with one attached hydrogen (secondary N) is 2. The summed E-state index contributed by atoms with van der Waals surface area (Å²) in [6.07, 6.45) is 8.81. The van der Waals surface area contributed by atoms with Crippen LogP contribution in [0.4, 0.5) is 0 Å². The van der Waals surface area contributed by atoms with Crippen molar-refractivity contribution in [3.05, 3.63) is 24.0 Å². The standard InChI is InChI=1S/C18H21BN4O2/c24-18-5-9-3-10(6-18)14(11(4-9)7-18)16-15-12-1-2-20-17(12)21-8-13(15)19(25)23-22-16/h1-2,8-11,14,23-25H,3-7H2,(H,20,21). The van der Waals surface area contributed by atoms with Crippen LogP contribution in [0.3, 0.4) is 0 Å². The van der Waals surface area contributed by atoms with Gasteiger partial charge in [0.1, 0.15) is 5.65 Å². The van der Waals surface area contributed by atoms with E-state index in [2.05, 4.69) is 20.4 Å². The smallest absolute Gasteiger partial charge is 0.428 e. The molecule has 4 aliphatic carbocycles. The van der Waals surface area contributed by atoms with Crippen molar-refractivity contribution in [2.24, 2.45) is 28.8 Å². The highest BCUT2D eigenvalue weighted by Crippen LogP contribution is 2.59. The van der Waals surface area contributed by atoms with Crippen LogP contribution >= 0.6 is 0 Å². The average molecular weight is 336 g/mol. The van der Waals surface area contributed by atoms with Crippen LogP contribution < -0.4 is 10.8 Å². The second-order valence-corrected chi connectivity index (χ2v) is 8.58. The summed E-state index contributed by atoms with van der Waals surface area (Å²) in [4.78, 5) is 7.61. The Morgan fingerprint density at radius 1 is 1.20 bits per heavy atom. The minimum absolute atomic E-state index is 0.357. The van der Waals surface area contributed by atoms with Crippen LogP contribution in [0, 0.1) is 23.7 Å². The topological polar surface area (TPSA) is 93.5 Å². The number of aliphatic hydroxyl groups is 1. The van der Waals surface area contributed by atoms with E-state index in [-0.39, 0.29) is 0 Å². The van der Waals surface area contributed by atoms with E-state index in [1.807, 2.05) is 12.3 Å². The zero-order chi connectivity index (χ0) is 16.8. The summed E-state index contributed by atoms with van der Waals surface area (Å²) in [6.45, 7) is 0. The maximum Gasteiger partial charge on any atom is 0.465 e. The van der Waals surface area contributed by atoms with Crippen LogP contribution in [0.2, 0.25) is 0 Å². The summed E-state index contributed by atoms with van der Waals surface area (Å²) in [7, 11) is -0.813. The number of aromatic amines is 1. The lowest BCUT2D eigenvalue weighted by atomic mass is 9.48. The lowest BCUT2D eigenvalue weighted by molar-refractivity contribution is -0.137. The fraction of sp³-hybridized carbons (Fsp3) is 0.556. The van der Waals surface area contributed by atoms with Crippen LogP contribution in [0.1, 0.15) is 37.7 Å². The maximum absolute atomic E-state index is 10.9. The largest absolute Gasteiger partial charge is 0.465 e. The average Bonchev–Trinajstić information content (AvgIpc) is 3.03. The second kappa shape index (κ2) is 4.65. The van der Waals surface area contributed by atoms with Crippen molar-refractivity contribution >= 4 is 29.3 Å². The normalized spacial score (nSPS) is 38.6. The number of pyridine rings is 1. The first-order chi connectivity index (χ1) is 12.1. The fourth-order valence-electron chi connectivity index (χ4n) is 6.44. The van der Waals surface area contributed by atoms with Gasteiger partial charge < -0.3 is 20.5 Å². The fourth-order valence-corrected chi connectivity index (χ4v) is 6.44. The molecule has 7 heteroatoms. The molecule has 0 spiro atoms. The number of aromatic nitrogens is 2. The van der Waals surface area contributed by atoms with Gasteiger partial charge in [-0.2, -0.15) is 5.10 Å². The van der Waals surface area contributed by atoms with Gasteiger partial charge in [-0.1, -0.05) is 0 Å². The van der Waals surface area contributed by atoms with Crippen molar-refractivity contribution in [2.45, 2.75) is 37.7 Å². The molecular formula is C18H21BN4O2. The predicted molar refractivity (Wildman–Crippen MR) is 95.4 cm³/mol. The Bertz CT molecular complexity index is 894. The molecule has 5 aliphatic rings. The number of rotatable bonds is 1. The highest BCUT2D eigenvalue weighted by Gasteiger charge is 2.56. The number of nitrogens with zero attached hydrogens (tertiary/aromatic N) is 2. The van der Waals surface area contributed by atoms with Crippen molar-refractivity contribution in [3.63, 3.8) is 0 Å². The highest BCUT2D eigenvalue weighted by molar-refractivity contribution is 6.66. The Kier molecular flexibility index (Phi) is 2.67. The first-order valence-electron chi connectivity index (χ1n) is 9.31. The molecule has 1 aliphatic heterocycles. The molecule has 128 valence electrons. The minimum Gasteiger partial charge on any atom is -0.428 e. The molecule has 2 atom stereocenters. The molecule has 4 N–H and O–H groups in total. The van der Waals surface area contributed by atoms with Gasteiger partial charge in [-0.3, -0.25) is 0 Å². The van der Waals surface area contributed by atoms with Gasteiger partial charge in [-0.15, -0.1) is 0 Å². The lowest BCUT2D eigenvalue weighted by Crippen LogP contribution is -2.59. The van der Waals surface area contributed by atoms with E-state index in [0.717, 1.165) is 47.0 Å². The quantitative estimate of drug-likeness (QED) is 0.578. The monoisotopic (exact) mass is 336 g/mol. The molecule has 2 aromatic heterocycles. The first-order valence-corrected chi connectivity index (χ1v) is 9.31. The van der Waals surface area contributed by atoms with E-state index >= 15 is 0 Å². The number of fused-ring (bicyclic) bond motifs is 3. The second-order valence-electron chi connectivity index (χ2n) is 8.58. The molecule has 2 aromatic rings. The van der Waals surface area contributed by atoms with E-state index < -0.39 is 12.7 Å². The zero-order valence-electron chi connectivity index (χ0n) is 13.9. The lowest BCUT2D eigenvalue weighted by Gasteiger charge is -2.58. The third-order valence-corrected chi connectivity index (χ3v) is 7.03. The molecule has 6 nitrogen and oxygen atoms in total. The van der Waals surface area contributed by atoms with Gasteiger partial charge in [0.2, 0.25) is 0 Å². The van der Waals surface area contributed by atoms with Gasteiger partial charge >= 0.3 is 7.05 Å². The van der Waals surface area contributed by atoms with Crippen LogP contribution in [-0.4, -0.2) is 38.5 Å². The van der Waals surface area contributed by atoms with Crippen LogP contribution in [-0.2, 0) is 0 Å². The summed E-state index contributed by atoms with van der Waals surface area (Å²) in [6, 6.07) is 2.03. The van der Waals surface area contributed by atoms with Gasteiger partial charge in [-0.05, 0) is 55.9 Å². The molecule has 0 aromatic carbocycles. The summed E-state index contributed by atoms with van der Waals surface area (Å²) < 4.78 is 0. The molecule has 25 heavy (non-hydrogen) atoms. The molecule has 3 heterocycles. The third kappa shape index (κ3) is 1.88. The van der Waals surface area contributed by atoms with Gasteiger partial charge in [0.15, 0.2) is 0 Å². The summed E-state index contributed by atoms with van der Waals surface area (Å²) >= 11 is 0. The molecule has 4 fully saturated rings. The summed E-state index contributed by atoms with van der Waals surface area (Å²) in [5.74, 6) is 2.01. The number of hydrogen-bond acceptors (Lipinski definition) is 5. The minimum atomic E-state index is -0.813. The Hall–Kier alpha value is -1.86. The summed E-state index contributed by atoms with van der Waals surface area (Å²) in [5.41, 5.74) is 3.30. The van der Waals surface area contributed by atoms with E-state index in [0.29, 0.717) is 23.7 Å². The predicted octanol–water partition coefficient (Wildman–Crippen LogP) is 0.745. The Morgan fingerprint density at radius 3 is 2.76 bits per heavy atom. The molecule has 4 bridgehead atoms. The Morgan fingerprint density at radius 2 is 2.00 bits per heavy atom. The number of hydrogen-bond donors (Lipinski definition) is 4. The maximum atomic E-state index is 10.9. The van der Waals surface area contributed by atoms with Crippen LogP contribution in [0.15, 0.2) is 23.6 Å². The number of hydrazone groups is 1. The molecular weight excluding hydrogens is 315 g/mol. The van der Waals surface area contributed by atoms with Crippen molar-refractivity contribution < 1.29 is 10.1 Å². The van der Waals surface area contributed by atoms with E-state index in [9.17, 15) is 10.1 Å². The highest BCUT2D eigenvalue weighted by atomic mass is 16.3. The van der Waals surface area contributed by atoms with Gasteiger partial charge in [0.25, 0.3) is 0 Å². The molecule has 0 radical (unpaired) electrons. The van der Waals surface area contributed by atoms with E-state index in [1.165, 1.54) is 12.8 Å². The molecule has 2 unspecified atom stereocenters. The SMILES string of the molecule is OB1NN=C(C2C3CC4CC2CC(O)(C4)C3)c2c1cnc1[nH]ccc21. The van der Waals surface area contributed by atoms with Crippen LogP contribution in [0.5, 0.6) is 0 Å². The van der Waals surface area contributed by atoms with Crippen molar-refractivity contribution in [3.8, 4) is 0 Å². The Balaban J connectivity index is 1.51. The molecule has 0 amide bonds. The van der Waals surface area contributed by atoms with Gasteiger partial charge in [-0.25, -0.2) is 4.98 Å². The number of H-pyrrole nitrogens is 1. The van der Waals surface area contributed by atoms with Gasteiger partial charge in [0, 0.05) is 34.7 Å². The third-order valence-electron chi connectivity index (χ3n) is 7.03. The molecule has 4 saturated carbocycles. The molecule has 0 saturated heterocycles. The molecule has 7 rings (SSSR count). The van der Waals surface area contributed by atoms with E-state index in [4.69, 9.17) is 0 Å². The van der Waals surface area contributed by atoms with Crippen molar-refractivity contribution in [1.82, 2.24) is 15.3 Å². The van der Waals surface area contributed by atoms with Crippen molar-refractivity contribution in [1.29, 1.82) is 0 Å². The zero-order valence-corrected chi connectivity index (χ0v) is 13.9. The van der Waals surface area contributed by atoms with Crippen molar-refractivity contribution in [2.75, 3.05) is 0 Å². The van der Waals surface area contributed by atoms with Crippen LogP contribution in [0.25, 0.3) is 11.0 Å². The summed E-state index contributed by atoms with van der Waals surface area (Å²) in [5, 5.41) is 29.8. The first kappa shape index (κ1) is 14.3. The Labute approximate surface area is 145 Å². The van der Waals surface area contributed by atoms with E-state index in [1.54, 1.807) is 6.20 Å². The van der Waals surface area contributed by atoms with Gasteiger partial charge in [0.05, 0.1) is 11.3 Å².